The highest BCUT2D eigenvalue weighted by atomic mass is 16.5. The summed E-state index contributed by atoms with van der Waals surface area (Å²) in [5.41, 5.74) is 0.995. The average molecular weight is 436 g/mol. The first-order valence-corrected chi connectivity index (χ1v) is 11.8. The van der Waals surface area contributed by atoms with Crippen molar-refractivity contribution >= 4 is 5.91 Å². The van der Waals surface area contributed by atoms with Gasteiger partial charge in [-0.25, -0.2) is 0 Å². The average Bonchev–Trinajstić information content (AvgIpc) is 3.23. The van der Waals surface area contributed by atoms with E-state index in [0.717, 1.165) is 103 Å². The minimum atomic E-state index is 0.165. The Morgan fingerprint density at radius 2 is 1.84 bits per heavy atom. The maximum absolute atomic E-state index is 12.6. The lowest BCUT2D eigenvalue weighted by atomic mass is 9.81. The molecule has 1 aromatic rings. The molecule has 3 saturated heterocycles. The lowest BCUT2D eigenvalue weighted by Crippen LogP contribution is -2.43. The molecule has 31 heavy (non-hydrogen) atoms. The van der Waals surface area contributed by atoms with E-state index in [-0.39, 0.29) is 5.91 Å². The normalized spacial score (nSPS) is 26.1. The van der Waals surface area contributed by atoms with Gasteiger partial charge < -0.3 is 24.6 Å². The summed E-state index contributed by atoms with van der Waals surface area (Å²) in [6, 6.07) is 2.09. The summed E-state index contributed by atoms with van der Waals surface area (Å²) in [5, 5.41) is 10.9. The molecule has 0 unspecified atom stereocenters. The van der Waals surface area contributed by atoms with E-state index in [0.29, 0.717) is 24.8 Å². The Hall–Kier alpha value is -1.52. The van der Waals surface area contributed by atoms with Crippen molar-refractivity contribution in [2.45, 2.75) is 25.8 Å². The molecule has 0 aromatic carbocycles. The van der Waals surface area contributed by atoms with Gasteiger partial charge in [0.15, 0.2) is 5.76 Å². The molecule has 0 spiro atoms. The fraction of sp³-hybridized carbons (Fsp3) is 0.818. The third-order valence-electron chi connectivity index (χ3n) is 6.63. The largest absolute Gasteiger partial charge is 0.379 e. The fourth-order valence-electron chi connectivity index (χ4n) is 4.75. The van der Waals surface area contributed by atoms with E-state index in [1.165, 1.54) is 0 Å². The van der Waals surface area contributed by atoms with Gasteiger partial charge in [0.05, 0.1) is 38.7 Å². The van der Waals surface area contributed by atoms with E-state index in [9.17, 15) is 4.79 Å². The number of morpholine rings is 2. The summed E-state index contributed by atoms with van der Waals surface area (Å²) in [5.74, 6) is 1.86. The lowest BCUT2D eigenvalue weighted by molar-refractivity contribution is -0.122. The van der Waals surface area contributed by atoms with Crippen molar-refractivity contribution in [3.05, 3.63) is 17.5 Å². The van der Waals surface area contributed by atoms with Crippen molar-refractivity contribution in [2.75, 3.05) is 78.8 Å². The van der Waals surface area contributed by atoms with Gasteiger partial charge in [-0.3, -0.25) is 14.6 Å². The molecule has 0 bridgehead atoms. The maximum atomic E-state index is 12.6. The number of piperidine rings is 1. The predicted octanol–water partition coefficient (Wildman–Crippen LogP) is 0.114. The smallest absolute Gasteiger partial charge is 0.220 e. The van der Waals surface area contributed by atoms with Gasteiger partial charge in [0.25, 0.3) is 0 Å². The molecule has 1 aromatic heterocycles. The van der Waals surface area contributed by atoms with Gasteiger partial charge in [-0.15, -0.1) is 0 Å². The van der Waals surface area contributed by atoms with Gasteiger partial charge >= 0.3 is 0 Å². The Kier molecular flexibility index (Phi) is 8.71. The second-order valence-electron chi connectivity index (χ2n) is 8.90. The first-order chi connectivity index (χ1) is 15.3. The molecule has 3 fully saturated rings. The SMILES string of the molecule is O=C(C[C@@H]1CCNC[C@@H]1Cc1cc(CN2CCOCC2)on1)NCCN1CCOCC1. The highest BCUT2D eigenvalue weighted by Gasteiger charge is 2.28. The molecule has 3 aliphatic heterocycles. The summed E-state index contributed by atoms with van der Waals surface area (Å²) in [7, 11) is 0. The highest BCUT2D eigenvalue weighted by Crippen LogP contribution is 2.26. The minimum Gasteiger partial charge on any atom is -0.379 e. The zero-order valence-corrected chi connectivity index (χ0v) is 18.5. The van der Waals surface area contributed by atoms with Crippen LogP contribution >= 0.6 is 0 Å². The van der Waals surface area contributed by atoms with Crippen LogP contribution in [0.25, 0.3) is 0 Å². The van der Waals surface area contributed by atoms with E-state index in [1.54, 1.807) is 0 Å². The Bertz CT molecular complexity index is 673. The molecule has 9 heteroatoms. The molecule has 3 aliphatic rings. The van der Waals surface area contributed by atoms with Crippen molar-refractivity contribution in [3.63, 3.8) is 0 Å². The highest BCUT2D eigenvalue weighted by molar-refractivity contribution is 5.76. The van der Waals surface area contributed by atoms with Gasteiger partial charge in [-0.1, -0.05) is 5.16 Å². The molecule has 2 N–H and O–H groups in total. The number of ether oxygens (including phenoxy) is 2. The quantitative estimate of drug-likeness (QED) is 0.565. The molecular weight excluding hydrogens is 398 g/mol. The van der Waals surface area contributed by atoms with Crippen LogP contribution in [-0.2, 0) is 27.2 Å². The van der Waals surface area contributed by atoms with Gasteiger partial charge in [0.1, 0.15) is 0 Å². The summed E-state index contributed by atoms with van der Waals surface area (Å²) >= 11 is 0. The van der Waals surface area contributed by atoms with E-state index in [1.807, 2.05) is 0 Å². The van der Waals surface area contributed by atoms with E-state index < -0.39 is 0 Å². The number of nitrogens with zero attached hydrogens (tertiary/aromatic N) is 3. The third kappa shape index (κ3) is 7.25. The predicted molar refractivity (Wildman–Crippen MR) is 116 cm³/mol. The van der Waals surface area contributed by atoms with Crippen LogP contribution in [-0.4, -0.2) is 99.6 Å². The van der Waals surface area contributed by atoms with Gasteiger partial charge in [-0.2, -0.15) is 0 Å². The monoisotopic (exact) mass is 435 g/mol. The molecular formula is C22H37N5O4. The molecule has 0 aliphatic carbocycles. The van der Waals surface area contributed by atoms with Crippen LogP contribution in [0.5, 0.6) is 0 Å². The number of aromatic nitrogens is 1. The molecule has 2 atom stereocenters. The first kappa shape index (κ1) is 22.7. The number of hydrogen-bond acceptors (Lipinski definition) is 8. The van der Waals surface area contributed by atoms with Crippen LogP contribution in [0.3, 0.4) is 0 Å². The number of nitrogens with one attached hydrogen (secondary N) is 2. The molecule has 174 valence electrons. The van der Waals surface area contributed by atoms with Crippen molar-refractivity contribution in [1.29, 1.82) is 0 Å². The first-order valence-electron chi connectivity index (χ1n) is 11.8. The molecule has 0 saturated carbocycles. The van der Waals surface area contributed by atoms with Crippen LogP contribution in [0.2, 0.25) is 0 Å². The molecule has 4 rings (SSSR count). The summed E-state index contributed by atoms with van der Waals surface area (Å²) in [6.45, 7) is 11.2. The number of hydrogen-bond donors (Lipinski definition) is 2. The molecule has 0 radical (unpaired) electrons. The van der Waals surface area contributed by atoms with Gasteiger partial charge in [0.2, 0.25) is 5.91 Å². The Balaban J connectivity index is 1.21. The van der Waals surface area contributed by atoms with Crippen LogP contribution < -0.4 is 10.6 Å². The standard InChI is InChI=1S/C22H37N5O4/c28-22(24-3-4-26-5-9-29-10-6-26)14-18-1-2-23-16-19(18)13-20-15-21(31-25-20)17-27-7-11-30-12-8-27/h15,18-19,23H,1-14,16-17H2,(H,24,28)/t18-,19-/m0/s1. The number of carbonyl (C=O) groups is 1. The maximum Gasteiger partial charge on any atom is 0.220 e. The Morgan fingerprint density at radius 1 is 1.10 bits per heavy atom. The van der Waals surface area contributed by atoms with Crippen molar-refractivity contribution < 1.29 is 18.8 Å². The zero-order valence-electron chi connectivity index (χ0n) is 18.5. The van der Waals surface area contributed by atoms with E-state index in [2.05, 4.69) is 31.7 Å². The second-order valence-corrected chi connectivity index (χ2v) is 8.90. The van der Waals surface area contributed by atoms with E-state index >= 15 is 0 Å². The van der Waals surface area contributed by atoms with Crippen LogP contribution in [0.15, 0.2) is 10.6 Å². The van der Waals surface area contributed by atoms with Crippen molar-refractivity contribution in [3.8, 4) is 0 Å². The minimum absolute atomic E-state index is 0.165. The van der Waals surface area contributed by atoms with Gasteiger partial charge in [0, 0.05) is 51.8 Å². The lowest BCUT2D eigenvalue weighted by Gasteiger charge is -2.31. The number of amides is 1. The van der Waals surface area contributed by atoms with Crippen LogP contribution in [0.1, 0.15) is 24.3 Å². The molecule has 9 nitrogen and oxygen atoms in total. The summed E-state index contributed by atoms with van der Waals surface area (Å²) < 4.78 is 16.4. The zero-order chi connectivity index (χ0) is 21.3. The summed E-state index contributed by atoms with van der Waals surface area (Å²) in [4.78, 5) is 17.2. The topological polar surface area (TPSA) is 92.1 Å². The number of rotatable bonds is 9. The molecule has 1 amide bonds. The Labute approximate surface area is 184 Å². The Morgan fingerprint density at radius 3 is 2.61 bits per heavy atom. The van der Waals surface area contributed by atoms with Gasteiger partial charge in [-0.05, 0) is 37.8 Å². The summed E-state index contributed by atoms with van der Waals surface area (Å²) in [6.07, 6.45) is 2.47. The molecule has 4 heterocycles. The fourth-order valence-corrected chi connectivity index (χ4v) is 4.75. The van der Waals surface area contributed by atoms with Crippen molar-refractivity contribution in [1.82, 2.24) is 25.6 Å². The second kappa shape index (κ2) is 11.9. The van der Waals surface area contributed by atoms with Crippen LogP contribution in [0.4, 0.5) is 0 Å². The van der Waals surface area contributed by atoms with Crippen molar-refractivity contribution in [2.24, 2.45) is 11.8 Å². The third-order valence-corrected chi connectivity index (χ3v) is 6.63. The number of carbonyl (C=O) groups excluding carboxylic acids is 1. The van der Waals surface area contributed by atoms with E-state index in [4.69, 9.17) is 14.0 Å². The van der Waals surface area contributed by atoms with Crippen LogP contribution in [0, 0.1) is 11.8 Å².